The minimum atomic E-state index is -1.71. The molecule has 1 aliphatic rings. The summed E-state index contributed by atoms with van der Waals surface area (Å²) in [7, 11) is 0. The molecule has 0 amide bonds. The minimum absolute atomic E-state index is 0.0215. The second kappa shape index (κ2) is 10.9. The molecular weight excluding hydrogens is 560 g/mol. The Morgan fingerprint density at radius 1 is 1.07 bits per heavy atom. The molecule has 2 aromatic heterocycles. The van der Waals surface area contributed by atoms with Crippen LogP contribution in [0.1, 0.15) is 44.5 Å². The van der Waals surface area contributed by atoms with E-state index < -0.39 is 42.3 Å². The maximum atomic E-state index is 14.9. The number of hydrogen-bond donors (Lipinski definition) is 0. The van der Waals surface area contributed by atoms with Gasteiger partial charge in [-0.25, -0.2) is 19.0 Å². The Labute approximate surface area is 239 Å². The molecule has 204 valence electrons. The number of carbonyl (C=O) groups is 2. The van der Waals surface area contributed by atoms with Crippen molar-refractivity contribution in [2.75, 3.05) is 6.61 Å². The van der Waals surface area contributed by atoms with Gasteiger partial charge in [-0.05, 0) is 49.7 Å². The molecule has 0 bridgehead atoms. The molecule has 3 unspecified atom stereocenters. The summed E-state index contributed by atoms with van der Waals surface area (Å²) < 4.78 is 33.8. The first kappa shape index (κ1) is 27.6. The van der Waals surface area contributed by atoms with Crippen molar-refractivity contribution in [3.8, 4) is 12.3 Å². The molecule has 0 aliphatic carbocycles. The third kappa shape index (κ3) is 5.26. The van der Waals surface area contributed by atoms with Gasteiger partial charge in [-0.2, -0.15) is 4.98 Å². The normalized spacial score (nSPS) is 20.3. The van der Waals surface area contributed by atoms with Gasteiger partial charge in [-0.1, -0.05) is 52.9 Å². The van der Waals surface area contributed by atoms with E-state index in [9.17, 15) is 14.0 Å². The number of carbonyl (C=O) groups excluding carboxylic acids is 2. The van der Waals surface area contributed by atoms with E-state index in [1.165, 1.54) is 4.57 Å². The minimum Gasteiger partial charge on any atom is -0.458 e. The Morgan fingerprint density at radius 3 is 2.27 bits per heavy atom. The number of halogens is 3. The van der Waals surface area contributed by atoms with Crippen molar-refractivity contribution in [3.05, 3.63) is 93.2 Å². The summed E-state index contributed by atoms with van der Waals surface area (Å²) in [6, 6.07) is 13.6. The van der Waals surface area contributed by atoms with Gasteiger partial charge in [0.2, 0.25) is 10.9 Å². The highest BCUT2D eigenvalue weighted by atomic mass is 35.5. The lowest BCUT2D eigenvalue weighted by molar-refractivity contribution is -0.0967. The summed E-state index contributed by atoms with van der Waals surface area (Å²) >= 11 is 12.1. The first-order valence-electron chi connectivity index (χ1n) is 12.2. The van der Waals surface area contributed by atoms with Gasteiger partial charge in [-0.3, -0.25) is 0 Å². The molecule has 0 radical (unpaired) electrons. The van der Waals surface area contributed by atoms with Crippen LogP contribution in [0.25, 0.3) is 11.0 Å². The van der Waals surface area contributed by atoms with E-state index in [0.29, 0.717) is 11.1 Å². The molecular formula is C29H22Cl2FN3O5. The Bertz CT molecular complexity index is 1650. The van der Waals surface area contributed by atoms with Crippen LogP contribution in [0.4, 0.5) is 4.39 Å². The highest BCUT2D eigenvalue weighted by Crippen LogP contribution is 2.41. The van der Waals surface area contributed by atoms with Gasteiger partial charge < -0.3 is 18.8 Å². The van der Waals surface area contributed by atoms with Crippen LogP contribution >= 0.6 is 23.2 Å². The Morgan fingerprint density at radius 2 is 1.68 bits per heavy atom. The summed E-state index contributed by atoms with van der Waals surface area (Å²) in [6.07, 6.45) is 4.96. The highest BCUT2D eigenvalue weighted by molar-refractivity contribution is 6.35. The fourth-order valence-corrected chi connectivity index (χ4v) is 4.90. The molecule has 1 saturated heterocycles. The Kier molecular flexibility index (Phi) is 7.51. The Hall–Kier alpha value is -3.97. The molecule has 2 aromatic carbocycles. The number of terminal acetylenes is 1. The molecule has 0 spiro atoms. The summed E-state index contributed by atoms with van der Waals surface area (Å²) in [5.74, 6) is 0.506. The number of aryl methyl sites for hydroxylation is 2. The second-order valence-electron chi connectivity index (χ2n) is 9.41. The van der Waals surface area contributed by atoms with Crippen LogP contribution in [-0.2, 0) is 14.2 Å². The van der Waals surface area contributed by atoms with Crippen LogP contribution in [0, 0.1) is 32.0 Å². The van der Waals surface area contributed by atoms with Crippen molar-refractivity contribution in [2.24, 2.45) is 0 Å². The molecule has 3 heterocycles. The van der Waals surface area contributed by atoms with Crippen LogP contribution in [0.2, 0.25) is 10.4 Å². The lowest BCUT2D eigenvalue weighted by Gasteiger charge is -2.28. The number of fused-ring (bicyclic) bond motifs is 1. The van der Waals surface area contributed by atoms with E-state index in [1.54, 1.807) is 48.5 Å². The molecule has 1 fully saturated rings. The van der Waals surface area contributed by atoms with Crippen molar-refractivity contribution < 1.29 is 28.2 Å². The van der Waals surface area contributed by atoms with Crippen molar-refractivity contribution in [1.82, 2.24) is 14.5 Å². The number of benzene rings is 2. The average molecular weight is 582 g/mol. The van der Waals surface area contributed by atoms with Crippen molar-refractivity contribution in [2.45, 2.75) is 38.2 Å². The van der Waals surface area contributed by atoms with Gasteiger partial charge in [0, 0.05) is 12.6 Å². The monoisotopic (exact) mass is 581 g/mol. The van der Waals surface area contributed by atoms with Crippen molar-refractivity contribution in [3.63, 3.8) is 0 Å². The largest absolute Gasteiger partial charge is 0.458 e. The predicted molar refractivity (Wildman–Crippen MR) is 146 cm³/mol. The SMILES string of the molecule is C#CC1(COC(=O)c2ccc(C)cc2)OC(n2cc(F)c3c(Cl)nc(Cl)nc32)CC1OC(=O)c1ccc(C)cc1. The molecule has 5 rings (SSSR count). The first-order chi connectivity index (χ1) is 19.1. The highest BCUT2D eigenvalue weighted by Gasteiger charge is 2.52. The molecule has 40 heavy (non-hydrogen) atoms. The van der Waals surface area contributed by atoms with Gasteiger partial charge in [0.05, 0.1) is 16.5 Å². The van der Waals surface area contributed by atoms with Crippen LogP contribution in [0.3, 0.4) is 0 Å². The standard InChI is InChI=1S/C29H22Cl2FN3O5/c1-4-29(15-38-26(36)18-9-5-16(2)6-10-18)21(39-27(37)19-11-7-17(3)8-12-19)13-22(40-29)35-14-20(32)23-24(30)33-28(31)34-25(23)35/h1,5-12,14,21-22H,13,15H2,2-3H3. The van der Waals surface area contributed by atoms with Crippen LogP contribution in [-0.4, -0.2) is 44.8 Å². The lowest BCUT2D eigenvalue weighted by Crippen LogP contribution is -2.45. The molecule has 3 atom stereocenters. The quantitative estimate of drug-likeness (QED) is 0.122. The summed E-state index contributed by atoms with van der Waals surface area (Å²) in [6.45, 7) is 3.33. The maximum Gasteiger partial charge on any atom is 0.338 e. The van der Waals surface area contributed by atoms with Gasteiger partial charge >= 0.3 is 11.9 Å². The number of aromatic nitrogens is 3. The molecule has 0 saturated carbocycles. The summed E-state index contributed by atoms with van der Waals surface area (Å²) in [5.41, 5.74) is 0.875. The number of nitrogens with zero attached hydrogens (tertiary/aromatic N) is 3. The molecule has 1 aliphatic heterocycles. The van der Waals surface area contributed by atoms with Crippen LogP contribution in [0.5, 0.6) is 0 Å². The van der Waals surface area contributed by atoms with Gasteiger partial charge in [0.15, 0.2) is 17.6 Å². The van der Waals surface area contributed by atoms with E-state index in [4.69, 9.17) is 43.8 Å². The molecule has 8 nitrogen and oxygen atoms in total. The fraction of sp³-hybridized carbons (Fsp3) is 0.241. The van der Waals surface area contributed by atoms with Crippen LogP contribution in [0.15, 0.2) is 54.7 Å². The predicted octanol–water partition coefficient (Wildman–Crippen LogP) is 5.87. The third-order valence-corrected chi connectivity index (χ3v) is 7.08. The first-order valence-corrected chi connectivity index (χ1v) is 12.9. The van der Waals surface area contributed by atoms with E-state index in [-0.39, 0.29) is 27.9 Å². The van der Waals surface area contributed by atoms with E-state index >= 15 is 0 Å². The van der Waals surface area contributed by atoms with Crippen molar-refractivity contribution >= 4 is 46.2 Å². The number of esters is 2. The van der Waals surface area contributed by atoms with Gasteiger partial charge in [0.25, 0.3) is 0 Å². The molecule has 0 N–H and O–H groups in total. The fourth-order valence-electron chi connectivity index (χ4n) is 4.44. The molecule has 11 heteroatoms. The average Bonchev–Trinajstić information content (AvgIpc) is 3.45. The van der Waals surface area contributed by atoms with Crippen molar-refractivity contribution in [1.29, 1.82) is 0 Å². The lowest BCUT2D eigenvalue weighted by atomic mass is 9.98. The van der Waals surface area contributed by atoms with Gasteiger partial charge in [-0.15, -0.1) is 6.42 Å². The molecule has 4 aromatic rings. The summed E-state index contributed by atoms with van der Waals surface area (Å²) in [4.78, 5) is 33.8. The zero-order chi connectivity index (χ0) is 28.6. The zero-order valence-corrected chi connectivity index (χ0v) is 22.9. The van der Waals surface area contributed by atoms with E-state index in [2.05, 4.69) is 15.9 Å². The topological polar surface area (TPSA) is 92.5 Å². The van der Waals surface area contributed by atoms with Crippen LogP contribution < -0.4 is 0 Å². The number of ether oxygens (including phenoxy) is 3. The maximum absolute atomic E-state index is 14.9. The Balaban J connectivity index is 1.48. The second-order valence-corrected chi connectivity index (χ2v) is 10.1. The third-order valence-electron chi connectivity index (χ3n) is 6.63. The van der Waals surface area contributed by atoms with Gasteiger partial charge in [0.1, 0.15) is 18.0 Å². The van der Waals surface area contributed by atoms with E-state index in [0.717, 1.165) is 17.3 Å². The summed E-state index contributed by atoms with van der Waals surface area (Å²) in [5, 5.41) is -0.443. The number of rotatable bonds is 6. The zero-order valence-electron chi connectivity index (χ0n) is 21.4. The van der Waals surface area contributed by atoms with E-state index in [1.807, 2.05) is 13.8 Å². The number of hydrogen-bond acceptors (Lipinski definition) is 7. The smallest absolute Gasteiger partial charge is 0.338 e.